The number of ketones is 1. The summed E-state index contributed by atoms with van der Waals surface area (Å²) in [5, 5.41) is 0. The normalized spacial score (nSPS) is 15.7. The topological polar surface area (TPSA) is 68.1 Å². The Labute approximate surface area is 202 Å². The zero-order chi connectivity index (χ0) is 24.4. The Morgan fingerprint density at radius 2 is 1.74 bits per heavy atom. The molecule has 0 radical (unpaired) electrons. The summed E-state index contributed by atoms with van der Waals surface area (Å²) in [5.74, 6) is -0.621. The Morgan fingerprint density at radius 1 is 0.971 bits per heavy atom. The molecule has 4 aromatic rings. The van der Waals surface area contributed by atoms with Crippen molar-refractivity contribution >= 4 is 11.7 Å². The van der Waals surface area contributed by atoms with Gasteiger partial charge in [0.2, 0.25) is 5.95 Å². The van der Waals surface area contributed by atoms with Gasteiger partial charge in [0.25, 0.3) is 5.56 Å². The summed E-state index contributed by atoms with van der Waals surface area (Å²) in [6, 6.07) is 19.4. The SMILES string of the molecule is Cn1c(N2CCCC(C(=O)c3ccc(-c4ccccc4)cc3F)C2)nc(-c2ccncc2)cc1=O. The van der Waals surface area contributed by atoms with Gasteiger partial charge >= 0.3 is 0 Å². The molecule has 1 atom stereocenters. The fraction of sp³-hybridized carbons (Fsp3) is 0.214. The maximum atomic E-state index is 15.0. The van der Waals surface area contributed by atoms with Crippen LogP contribution in [0.3, 0.4) is 0 Å². The summed E-state index contributed by atoms with van der Waals surface area (Å²) >= 11 is 0. The quantitative estimate of drug-likeness (QED) is 0.396. The van der Waals surface area contributed by atoms with Gasteiger partial charge in [-0.05, 0) is 48.2 Å². The third kappa shape index (κ3) is 4.62. The fourth-order valence-corrected chi connectivity index (χ4v) is 4.60. The maximum absolute atomic E-state index is 15.0. The fourth-order valence-electron chi connectivity index (χ4n) is 4.60. The predicted octanol–water partition coefficient (Wildman–Crippen LogP) is 4.75. The van der Waals surface area contributed by atoms with Crippen LogP contribution in [0, 0.1) is 11.7 Å². The molecule has 0 N–H and O–H groups in total. The lowest BCUT2D eigenvalue weighted by Gasteiger charge is -2.33. The molecule has 2 aromatic carbocycles. The molecule has 35 heavy (non-hydrogen) atoms. The highest BCUT2D eigenvalue weighted by molar-refractivity contribution is 5.99. The van der Waals surface area contributed by atoms with E-state index in [-0.39, 0.29) is 22.8 Å². The average Bonchev–Trinajstić information content (AvgIpc) is 2.91. The number of carbonyl (C=O) groups excluding carboxylic acids is 1. The van der Waals surface area contributed by atoms with Gasteiger partial charge in [-0.25, -0.2) is 9.37 Å². The number of aromatic nitrogens is 3. The first-order chi connectivity index (χ1) is 17.0. The van der Waals surface area contributed by atoms with Gasteiger partial charge in [0, 0.05) is 50.1 Å². The van der Waals surface area contributed by atoms with Crippen molar-refractivity contribution in [3.05, 3.63) is 101 Å². The molecular formula is C28H25FN4O2. The predicted molar refractivity (Wildman–Crippen MR) is 134 cm³/mol. The Hall–Kier alpha value is -4.13. The lowest BCUT2D eigenvalue weighted by molar-refractivity contribution is 0.0902. The largest absolute Gasteiger partial charge is 0.341 e. The number of anilines is 1. The third-order valence-electron chi connectivity index (χ3n) is 6.50. The molecule has 1 fully saturated rings. The lowest BCUT2D eigenvalue weighted by atomic mass is 9.89. The molecular weight excluding hydrogens is 443 g/mol. The number of pyridine rings is 1. The molecule has 0 aliphatic carbocycles. The van der Waals surface area contributed by atoms with Crippen molar-refractivity contribution in [2.75, 3.05) is 18.0 Å². The van der Waals surface area contributed by atoms with E-state index >= 15 is 4.39 Å². The highest BCUT2D eigenvalue weighted by Gasteiger charge is 2.30. The van der Waals surface area contributed by atoms with Gasteiger partial charge in [0.15, 0.2) is 5.78 Å². The second-order valence-corrected chi connectivity index (χ2v) is 8.78. The van der Waals surface area contributed by atoms with Crippen LogP contribution in [0.4, 0.5) is 10.3 Å². The number of benzene rings is 2. The summed E-state index contributed by atoms with van der Waals surface area (Å²) in [4.78, 5) is 36.7. The van der Waals surface area contributed by atoms with Gasteiger partial charge in [-0.15, -0.1) is 0 Å². The first-order valence-electron chi connectivity index (χ1n) is 11.6. The number of halogens is 1. The molecule has 1 saturated heterocycles. The van der Waals surface area contributed by atoms with E-state index in [1.807, 2.05) is 35.2 Å². The molecule has 3 heterocycles. The number of piperidine rings is 1. The van der Waals surface area contributed by atoms with E-state index < -0.39 is 5.82 Å². The van der Waals surface area contributed by atoms with Crippen molar-refractivity contribution in [1.82, 2.24) is 14.5 Å². The van der Waals surface area contributed by atoms with Gasteiger partial charge in [0.05, 0.1) is 11.3 Å². The van der Waals surface area contributed by atoms with Gasteiger partial charge in [-0.1, -0.05) is 36.4 Å². The van der Waals surface area contributed by atoms with Crippen molar-refractivity contribution in [3.8, 4) is 22.4 Å². The molecule has 0 amide bonds. The van der Waals surface area contributed by atoms with Crippen LogP contribution in [-0.4, -0.2) is 33.4 Å². The van der Waals surface area contributed by atoms with E-state index in [2.05, 4.69) is 4.98 Å². The van der Waals surface area contributed by atoms with Crippen molar-refractivity contribution in [1.29, 1.82) is 0 Å². The van der Waals surface area contributed by atoms with Crippen molar-refractivity contribution < 1.29 is 9.18 Å². The Bertz CT molecular complexity index is 1420. The van der Waals surface area contributed by atoms with Gasteiger partial charge in [-0.3, -0.25) is 19.1 Å². The van der Waals surface area contributed by atoms with Crippen LogP contribution in [0.2, 0.25) is 0 Å². The minimum Gasteiger partial charge on any atom is -0.341 e. The molecule has 1 aliphatic heterocycles. The van der Waals surface area contributed by atoms with Crippen LogP contribution in [0.1, 0.15) is 23.2 Å². The van der Waals surface area contributed by atoms with E-state index in [4.69, 9.17) is 4.98 Å². The minimum absolute atomic E-state index is 0.101. The molecule has 7 heteroatoms. The van der Waals surface area contributed by atoms with Crippen LogP contribution in [-0.2, 0) is 7.05 Å². The molecule has 1 unspecified atom stereocenters. The summed E-state index contributed by atoms with van der Waals surface area (Å²) in [6.07, 6.45) is 4.71. The summed E-state index contributed by atoms with van der Waals surface area (Å²) in [6.45, 7) is 1.04. The molecule has 1 aliphatic rings. The first kappa shape index (κ1) is 22.7. The molecule has 6 nitrogen and oxygen atoms in total. The molecule has 0 spiro atoms. The van der Waals surface area contributed by atoms with Crippen LogP contribution in [0.25, 0.3) is 22.4 Å². The van der Waals surface area contributed by atoms with Crippen molar-refractivity contribution in [2.24, 2.45) is 13.0 Å². The summed E-state index contributed by atoms with van der Waals surface area (Å²) < 4.78 is 16.5. The van der Waals surface area contributed by atoms with Crippen LogP contribution >= 0.6 is 0 Å². The molecule has 176 valence electrons. The number of hydrogen-bond donors (Lipinski definition) is 0. The summed E-state index contributed by atoms with van der Waals surface area (Å²) in [7, 11) is 1.68. The maximum Gasteiger partial charge on any atom is 0.255 e. The van der Waals surface area contributed by atoms with E-state index in [1.165, 1.54) is 16.7 Å². The average molecular weight is 469 g/mol. The smallest absolute Gasteiger partial charge is 0.255 e. The molecule has 0 saturated carbocycles. The van der Waals surface area contributed by atoms with Crippen molar-refractivity contribution in [2.45, 2.75) is 12.8 Å². The first-order valence-corrected chi connectivity index (χ1v) is 11.6. The Morgan fingerprint density at radius 3 is 2.49 bits per heavy atom. The van der Waals surface area contributed by atoms with Crippen LogP contribution in [0.5, 0.6) is 0 Å². The minimum atomic E-state index is -0.515. The number of rotatable bonds is 5. The van der Waals surface area contributed by atoms with Gasteiger partial charge in [0.1, 0.15) is 5.82 Å². The van der Waals surface area contributed by atoms with Crippen LogP contribution in [0.15, 0.2) is 83.9 Å². The molecule has 2 aromatic heterocycles. The van der Waals surface area contributed by atoms with E-state index in [9.17, 15) is 9.59 Å². The van der Waals surface area contributed by atoms with E-state index in [0.717, 1.165) is 23.1 Å². The number of nitrogens with zero attached hydrogens (tertiary/aromatic N) is 4. The number of Topliss-reactive ketones (excluding diaryl/α,β-unsaturated/α-hetero) is 1. The molecule has 0 bridgehead atoms. The Kier molecular flexibility index (Phi) is 6.23. The van der Waals surface area contributed by atoms with Gasteiger partial charge in [-0.2, -0.15) is 0 Å². The van der Waals surface area contributed by atoms with Crippen molar-refractivity contribution in [3.63, 3.8) is 0 Å². The highest BCUT2D eigenvalue weighted by Crippen LogP contribution is 2.28. The summed E-state index contributed by atoms with van der Waals surface area (Å²) in [5.41, 5.74) is 2.90. The third-order valence-corrected chi connectivity index (χ3v) is 6.50. The highest BCUT2D eigenvalue weighted by atomic mass is 19.1. The standard InChI is InChI=1S/C28H25FN4O2/c1-32-26(34)17-25(20-11-13-30-14-12-20)31-28(32)33-15-5-8-22(18-33)27(35)23-10-9-21(16-24(23)29)19-6-3-2-4-7-19/h2-4,6-7,9-14,16-17,22H,5,8,15,18H2,1H3. The Balaban J connectivity index is 1.40. The number of hydrogen-bond acceptors (Lipinski definition) is 5. The lowest BCUT2D eigenvalue weighted by Crippen LogP contribution is -2.42. The number of carbonyl (C=O) groups is 1. The second kappa shape index (κ2) is 9.62. The van der Waals surface area contributed by atoms with E-state index in [0.29, 0.717) is 31.2 Å². The second-order valence-electron chi connectivity index (χ2n) is 8.78. The van der Waals surface area contributed by atoms with Crippen LogP contribution < -0.4 is 10.5 Å². The van der Waals surface area contributed by atoms with E-state index in [1.54, 1.807) is 43.7 Å². The van der Waals surface area contributed by atoms with Gasteiger partial charge < -0.3 is 4.90 Å². The molecule has 5 rings (SSSR count). The zero-order valence-electron chi connectivity index (χ0n) is 19.4. The zero-order valence-corrected chi connectivity index (χ0v) is 19.4. The monoisotopic (exact) mass is 468 g/mol.